The van der Waals surface area contributed by atoms with Gasteiger partial charge in [0.2, 0.25) is 5.58 Å². The van der Waals surface area contributed by atoms with E-state index in [0.29, 0.717) is 40.0 Å². The molecule has 0 fully saturated rings. The van der Waals surface area contributed by atoms with E-state index >= 15 is 0 Å². The lowest BCUT2D eigenvalue weighted by atomic mass is 10.1. The minimum Gasteiger partial charge on any atom is -0.363 e. The summed E-state index contributed by atoms with van der Waals surface area (Å²) in [6.07, 6.45) is 0. The van der Waals surface area contributed by atoms with Crippen molar-refractivity contribution in [2.75, 3.05) is 5.32 Å². The molecule has 2 heterocycles. The smallest absolute Gasteiger partial charge is 0.228 e. The van der Waals surface area contributed by atoms with Gasteiger partial charge >= 0.3 is 0 Å². The average molecular weight is 365 g/mol. The SMILES string of the molecule is Cc1ccc(CNc2nc(C)nc3c(-c4ccc(Cl)cc4)noc23)cc1. The van der Waals surface area contributed by atoms with Crippen LogP contribution in [0.4, 0.5) is 5.82 Å². The number of rotatable bonds is 4. The molecule has 4 aromatic rings. The number of aryl methyl sites for hydroxylation is 2. The summed E-state index contributed by atoms with van der Waals surface area (Å²) in [7, 11) is 0. The molecule has 0 saturated heterocycles. The van der Waals surface area contributed by atoms with Crippen LogP contribution in [-0.4, -0.2) is 15.1 Å². The number of nitrogens with one attached hydrogen (secondary N) is 1. The van der Waals surface area contributed by atoms with Gasteiger partial charge in [-0.1, -0.05) is 58.7 Å². The zero-order valence-electron chi connectivity index (χ0n) is 14.5. The molecular weight excluding hydrogens is 348 g/mol. The van der Waals surface area contributed by atoms with Crippen LogP contribution in [0.15, 0.2) is 53.1 Å². The zero-order chi connectivity index (χ0) is 18.1. The lowest BCUT2D eigenvalue weighted by Crippen LogP contribution is -2.03. The third-order valence-electron chi connectivity index (χ3n) is 4.13. The highest BCUT2D eigenvalue weighted by atomic mass is 35.5. The van der Waals surface area contributed by atoms with Gasteiger partial charge in [0.15, 0.2) is 5.82 Å². The molecule has 6 heteroatoms. The molecule has 0 atom stereocenters. The van der Waals surface area contributed by atoms with Gasteiger partial charge in [0, 0.05) is 17.1 Å². The highest BCUT2D eigenvalue weighted by molar-refractivity contribution is 6.30. The molecule has 26 heavy (non-hydrogen) atoms. The highest BCUT2D eigenvalue weighted by Gasteiger charge is 2.17. The van der Waals surface area contributed by atoms with E-state index < -0.39 is 0 Å². The molecular formula is C20H17ClN4O. The summed E-state index contributed by atoms with van der Waals surface area (Å²) in [5.41, 5.74) is 5.21. The van der Waals surface area contributed by atoms with Gasteiger partial charge in [0.25, 0.3) is 0 Å². The third-order valence-corrected chi connectivity index (χ3v) is 4.38. The molecule has 1 N–H and O–H groups in total. The maximum absolute atomic E-state index is 5.97. The number of halogens is 1. The van der Waals surface area contributed by atoms with Crippen LogP contribution in [0.1, 0.15) is 17.0 Å². The van der Waals surface area contributed by atoms with Crippen molar-refractivity contribution in [1.82, 2.24) is 15.1 Å². The highest BCUT2D eigenvalue weighted by Crippen LogP contribution is 2.30. The van der Waals surface area contributed by atoms with E-state index in [0.717, 1.165) is 11.1 Å². The number of fused-ring (bicyclic) bond motifs is 1. The molecule has 0 aliphatic heterocycles. The molecule has 0 spiro atoms. The molecule has 2 aromatic carbocycles. The molecule has 0 aliphatic rings. The van der Waals surface area contributed by atoms with Gasteiger partial charge in [-0.05, 0) is 31.5 Å². The van der Waals surface area contributed by atoms with Gasteiger partial charge in [-0.15, -0.1) is 0 Å². The van der Waals surface area contributed by atoms with Gasteiger partial charge in [-0.25, -0.2) is 9.97 Å². The lowest BCUT2D eigenvalue weighted by molar-refractivity contribution is 0.459. The summed E-state index contributed by atoms with van der Waals surface area (Å²) >= 11 is 5.97. The Morgan fingerprint density at radius 2 is 1.69 bits per heavy atom. The van der Waals surface area contributed by atoms with Crippen LogP contribution in [0.2, 0.25) is 5.02 Å². The fraction of sp³-hybridized carbons (Fsp3) is 0.150. The Balaban J connectivity index is 1.69. The Kier molecular flexibility index (Phi) is 4.31. The largest absolute Gasteiger partial charge is 0.363 e. The van der Waals surface area contributed by atoms with Gasteiger partial charge in [-0.3, -0.25) is 0 Å². The number of hydrogen-bond acceptors (Lipinski definition) is 5. The maximum Gasteiger partial charge on any atom is 0.228 e. The standard InChI is InChI=1S/C20H17ClN4O/c1-12-3-5-14(6-4-12)11-22-20-19-18(23-13(2)24-20)17(25-26-19)15-7-9-16(21)10-8-15/h3-10H,11H2,1-2H3,(H,22,23,24). The van der Waals surface area contributed by atoms with E-state index in [2.05, 4.69) is 51.6 Å². The molecule has 4 rings (SSSR count). The van der Waals surface area contributed by atoms with E-state index in [-0.39, 0.29) is 0 Å². The van der Waals surface area contributed by atoms with Crippen LogP contribution >= 0.6 is 11.6 Å². The molecule has 5 nitrogen and oxygen atoms in total. The molecule has 0 amide bonds. The number of benzene rings is 2. The Morgan fingerprint density at radius 1 is 0.962 bits per heavy atom. The monoisotopic (exact) mass is 364 g/mol. The van der Waals surface area contributed by atoms with Gasteiger partial charge in [0.05, 0.1) is 0 Å². The van der Waals surface area contributed by atoms with Gasteiger partial charge < -0.3 is 9.84 Å². The van der Waals surface area contributed by atoms with Crippen molar-refractivity contribution in [3.63, 3.8) is 0 Å². The van der Waals surface area contributed by atoms with Crippen molar-refractivity contribution in [3.8, 4) is 11.3 Å². The molecule has 0 saturated carbocycles. The van der Waals surface area contributed by atoms with Crippen molar-refractivity contribution >= 4 is 28.5 Å². The number of nitrogens with zero attached hydrogens (tertiary/aromatic N) is 3. The fourth-order valence-electron chi connectivity index (χ4n) is 2.75. The second-order valence-electron chi connectivity index (χ2n) is 6.17. The van der Waals surface area contributed by atoms with Crippen LogP contribution < -0.4 is 5.32 Å². The van der Waals surface area contributed by atoms with Crippen molar-refractivity contribution in [2.24, 2.45) is 0 Å². The van der Waals surface area contributed by atoms with Crippen LogP contribution in [0.25, 0.3) is 22.4 Å². The third kappa shape index (κ3) is 3.26. The molecule has 0 radical (unpaired) electrons. The van der Waals surface area contributed by atoms with E-state index in [1.54, 1.807) is 0 Å². The molecule has 130 valence electrons. The number of hydrogen-bond donors (Lipinski definition) is 1. The normalized spacial score (nSPS) is 11.0. The zero-order valence-corrected chi connectivity index (χ0v) is 15.2. The van der Waals surface area contributed by atoms with Crippen molar-refractivity contribution in [3.05, 3.63) is 70.5 Å². The Labute approximate surface area is 156 Å². The first-order valence-electron chi connectivity index (χ1n) is 8.29. The predicted molar refractivity (Wildman–Crippen MR) is 103 cm³/mol. The van der Waals surface area contributed by atoms with E-state index in [4.69, 9.17) is 16.1 Å². The number of anilines is 1. The summed E-state index contributed by atoms with van der Waals surface area (Å²) < 4.78 is 5.56. The summed E-state index contributed by atoms with van der Waals surface area (Å²) in [6.45, 7) is 4.57. The Morgan fingerprint density at radius 3 is 2.42 bits per heavy atom. The first-order valence-corrected chi connectivity index (χ1v) is 8.67. The van der Waals surface area contributed by atoms with Crippen LogP contribution in [0.5, 0.6) is 0 Å². The predicted octanol–water partition coefficient (Wildman–Crippen LogP) is 5.17. The fourth-order valence-corrected chi connectivity index (χ4v) is 2.88. The Bertz CT molecular complexity index is 1060. The summed E-state index contributed by atoms with van der Waals surface area (Å²) in [4.78, 5) is 9.00. The molecule has 0 aliphatic carbocycles. The average Bonchev–Trinajstić information content (AvgIpc) is 3.05. The number of aromatic nitrogens is 3. The maximum atomic E-state index is 5.97. The Hall–Kier alpha value is -2.92. The minimum atomic E-state index is 0.549. The lowest BCUT2D eigenvalue weighted by Gasteiger charge is -2.07. The molecule has 0 unspecified atom stereocenters. The minimum absolute atomic E-state index is 0.549. The second kappa shape index (κ2) is 6.77. The first kappa shape index (κ1) is 16.5. The molecule has 2 aromatic heterocycles. The van der Waals surface area contributed by atoms with E-state index in [9.17, 15) is 0 Å². The summed E-state index contributed by atoms with van der Waals surface area (Å²) in [6, 6.07) is 15.8. The van der Waals surface area contributed by atoms with Crippen molar-refractivity contribution < 1.29 is 4.52 Å². The quantitative estimate of drug-likeness (QED) is 0.541. The second-order valence-corrected chi connectivity index (χ2v) is 6.61. The van der Waals surface area contributed by atoms with Crippen LogP contribution in [-0.2, 0) is 6.54 Å². The van der Waals surface area contributed by atoms with Gasteiger partial charge in [-0.2, -0.15) is 0 Å². The van der Waals surface area contributed by atoms with Crippen LogP contribution in [0.3, 0.4) is 0 Å². The first-order chi connectivity index (χ1) is 12.6. The van der Waals surface area contributed by atoms with Gasteiger partial charge in [0.1, 0.15) is 17.0 Å². The topological polar surface area (TPSA) is 63.8 Å². The van der Waals surface area contributed by atoms with Crippen molar-refractivity contribution in [2.45, 2.75) is 20.4 Å². The van der Waals surface area contributed by atoms with Crippen LogP contribution in [0, 0.1) is 13.8 Å². The summed E-state index contributed by atoms with van der Waals surface area (Å²) in [5, 5.41) is 8.21. The van der Waals surface area contributed by atoms with E-state index in [1.165, 1.54) is 5.56 Å². The summed E-state index contributed by atoms with van der Waals surface area (Å²) in [5.74, 6) is 1.29. The van der Waals surface area contributed by atoms with Crippen molar-refractivity contribution in [1.29, 1.82) is 0 Å². The molecule has 0 bridgehead atoms. The van der Waals surface area contributed by atoms with E-state index in [1.807, 2.05) is 31.2 Å².